The number of carbonyl (C=O) groups excluding carboxylic acids is 1. The molecular formula is C18H20N4O2. The molecule has 0 aliphatic rings. The summed E-state index contributed by atoms with van der Waals surface area (Å²) in [5.41, 5.74) is 2.55. The second-order valence-corrected chi connectivity index (χ2v) is 5.44. The van der Waals surface area contributed by atoms with Crippen LogP contribution in [0.25, 0.3) is 10.9 Å². The highest BCUT2D eigenvalue weighted by Gasteiger charge is 2.13. The molecule has 1 aromatic carbocycles. The van der Waals surface area contributed by atoms with E-state index in [9.17, 15) is 4.79 Å². The third kappa shape index (κ3) is 3.32. The van der Waals surface area contributed by atoms with E-state index < -0.39 is 0 Å². The van der Waals surface area contributed by atoms with Crippen LogP contribution in [0.5, 0.6) is 5.75 Å². The minimum absolute atomic E-state index is 0.0966. The third-order valence-corrected chi connectivity index (χ3v) is 3.88. The van der Waals surface area contributed by atoms with E-state index >= 15 is 0 Å². The minimum atomic E-state index is -0.0966. The van der Waals surface area contributed by atoms with Gasteiger partial charge in [-0.25, -0.2) is 0 Å². The minimum Gasteiger partial charge on any atom is -0.497 e. The Hall–Kier alpha value is -3.02. The molecule has 0 saturated heterocycles. The van der Waals surface area contributed by atoms with Crippen LogP contribution in [0.4, 0.5) is 5.69 Å². The first kappa shape index (κ1) is 15.9. The lowest BCUT2D eigenvalue weighted by molar-refractivity contribution is 0.0947. The van der Waals surface area contributed by atoms with Crippen LogP contribution in [0.3, 0.4) is 0 Å². The molecule has 2 N–H and O–H groups in total. The largest absolute Gasteiger partial charge is 0.497 e. The first-order valence-corrected chi connectivity index (χ1v) is 7.74. The lowest BCUT2D eigenvalue weighted by Gasteiger charge is -2.08. The van der Waals surface area contributed by atoms with Crippen LogP contribution in [0.15, 0.2) is 48.8 Å². The van der Waals surface area contributed by atoms with Gasteiger partial charge >= 0.3 is 0 Å². The Morgan fingerprint density at radius 1 is 1.25 bits per heavy atom. The van der Waals surface area contributed by atoms with Gasteiger partial charge in [-0.3, -0.25) is 9.78 Å². The summed E-state index contributed by atoms with van der Waals surface area (Å²) in [5, 5.41) is 7.11. The van der Waals surface area contributed by atoms with Gasteiger partial charge in [0, 0.05) is 43.4 Å². The normalized spacial score (nSPS) is 10.6. The van der Waals surface area contributed by atoms with Gasteiger partial charge < -0.3 is 19.9 Å². The van der Waals surface area contributed by atoms with Crippen molar-refractivity contribution >= 4 is 22.5 Å². The van der Waals surface area contributed by atoms with Crippen molar-refractivity contribution in [2.75, 3.05) is 25.5 Å². The van der Waals surface area contributed by atoms with E-state index in [-0.39, 0.29) is 5.91 Å². The zero-order chi connectivity index (χ0) is 16.9. The maximum absolute atomic E-state index is 12.4. The number of nitrogens with one attached hydrogen (secondary N) is 2. The Bertz CT molecular complexity index is 843. The van der Waals surface area contributed by atoms with Crippen LogP contribution in [-0.2, 0) is 7.05 Å². The fourth-order valence-corrected chi connectivity index (χ4v) is 2.61. The molecule has 0 spiro atoms. The van der Waals surface area contributed by atoms with E-state index in [2.05, 4.69) is 15.6 Å². The molecule has 0 bridgehead atoms. The maximum Gasteiger partial charge on any atom is 0.267 e. The number of rotatable bonds is 6. The van der Waals surface area contributed by atoms with Gasteiger partial charge in [0.1, 0.15) is 11.4 Å². The van der Waals surface area contributed by atoms with Gasteiger partial charge in [-0.1, -0.05) is 0 Å². The second-order valence-electron chi connectivity index (χ2n) is 5.44. The Morgan fingerprint density at radius 2 is 2.12 bits per heavy atom. The molecule has 0 fully saturated rings. The molecule has 0 saturated carbocycles. The number of ether oxygens (including phenoxy) is 1. The zero-order valence-electron chi connectivity index (χ0n) is 13.7. The number of carbonyl (C=O) groups is 1. The van der Waals surface area contributed by atoms with Crippen LogP contribution >= 0.6 is 0 Å². The highest BCUT2D eigenvalue weighted by atomic mass is 16.5. The van der Waals surface area contributed by atoms with Crippen molar-refractivity contribution in [3.8, 4) is 5.75 Å². The van der Waals surface area contributed by atoms with E-state index in [1.807, 2.05) is 48.0 Å². The SMILES string of the molecule is COc1ccc2c(c1)cc(C(=O)NCCNc1cccnc1)n2C. The van der Waals surface area contributed by atoms with Crippen molar-refractivity contribution in [1.82, 2.24) is 14.9 Å². The molecule has 2 aromatic heterocycles. The number of benzene rings is 1. The quantitative estimate of drug-likeness (QED) is 0.683. The summed E-state index contributed by atoms with van der Waals surface area (Å²) in [6, 6.07) is 11.4. The number of aryl methyl sites for hydroxylation is 1. The second kappa shape index (κ2) is 7.04. The van der Waals surface area contributed by atoms with Crippen molar-refractivity contribution in [3.63, 3.8) is 0 Å². The molecule has 6 heteroatoms. The van der Waals surface area contributed by atoms with Gasteiger partial charge in [0.2, 0.25) is 0 Å². The van der Waals surface area contributed by atoms with E-state index in [1.165, 1.54) is 0 Å². The number of amides is 1. The van der Waals surface area contributed by atoms with Crippen molar-refractivity contribution in [3.05, 3.63) is 54.5 Å². The molecule has 0 aliphatic heterocycles. The number of pyridine rings is 1. The van der Waals surface area contributed by atoms with Gasteiger partial charge in [-0.15, -0.1) is 0 Å². The summed E-state index contributed by atoms with van der Waals surface area (Å²) in [7, 11) is 3.52. The number of nitrogens with zero attached hydrogens (tertiary/aromatic N) is 2. The summed E-state index contributed by atoms with van der Waals surface area (Å²) in [4.78, 5) is 16.4. The lowest BCUT2D eigenvalue weighted by atomic mass is 10.2. The summed E-state index contributed by atoms with van der Waals surface area (Å²) >= 11 is 0. The molecular weight excluding hydrogens is 304 g/mol. The first-order valence-electron chi connectivity index (χ1n) is 7.74. The Labute approximate surface area is 140 Å². The topological polar surface area (TPSA) is 68.2 Å². The van der Waals surface area contributed by atoms with Crippen molar-refractivity contribution in [2.24, 2.45) is 7.05 Å². The molecule has 2 heterocycles. The lowest BCUT2D eigenvalue weighted by Crippen LogP contribution is -2.30. The highest BCUT2D eigenvalue weighted by Crippen LogP contribution is 2.23. The van der Waals surface area contributed by atoms with Gasteiger partial charge in [-0.05, 0) is 36.4 Å². The number of hydrogen-bond acceptors (Lipinski definition) is 4. The van der Waals surface area contributed by atoms with Crippen LogP contribution in [0.1, 0.15) is 10.5 Å². The Morgan fingerprint density at radius 3 is 2.88 bits per heavy atom. The molecule has 0 aliphatic carbocycles. The van der Waals surface area contributed by atoms with Crippen LogP contribution in [0, 0.1) is 0 Å². The molecule has 124 valence electrons. The summed E-state index contributed by atoms with van der Waals surface area (Å²) < 4.78 is 7.12. The number of anilines is 1. The summed E-state index contributed by atoms with van der Waals surface area (Å²) in [5.74, 6) is 0.682. The number of methoxy groups -OCH3 is 1. The predicted molar refractivity (Wildman–Crippen MR) is 94.5 cm³/mol. The van der Waals surface area contributed by atoms with Crippen LogP contribution < -0.4 is 15.4 Å². The van der Waals surface area contributed by atoms with Gasteiger partial charge in [0.05, 0.1) is 12.8 Å². The maximum atomic E-state index is 12.4. The molecule has 3 aromatic rings. The Kier molecular flexibility index (Phi) is 4.65. The predicted octanol–water partition coefficient (Wildman–Crippen LogP) is 2.42. The molecule has 0 radical (unpaired) electrons. The van der Waals surface area contributed by atoms with Gasteiger partial charge in [0.15, 0.2) is 0 Å². The molecule has 3 rings (SSSR count). The van der Waals surface area contributed by atoms with Gasteiger partial charge in [0.25, 0.3) is 5.91 Å². The van der Waals surface area contributed by atoms with Crippen LogP contribution in [0.2, 0.25) is 0 Å². The van der Waals surface area contributed by atoms with E-state index in [0.717, 1.165) is 22.3 Å². The van der Waals surface area contributed by atoms with Crippen LogP contribution in [-0.4, -0.2) is 35.7 Å². The fourth-order valence-electron chi connectivity index (χ4n) is 2.61. The van der Waals surface area contributed by atoms with Crippen molar-refractivity contribution in [2.45, 2.75) is 0 Å². The smallest absolute Gasteiger partial charge is 0.267 e. The van der Waals surface area contributed by atoms with Crippen molar-refractivity contribution in [1.29, 1.82) is 0 Å². The Balaban J connectivity index is 1.62. The number of aromatic nitrogens is 2. The standard InChI is InChI=1S/C18H20N4O2/c1-22-16-6-5-15(24-2)10-13(16)11-17(22)18(23)21-9-8-20-14-4-3-7-19-12-14/h3-7,10-12,20H,8-9H2,1-2H3,(H,21,23). The highest BCUT2D eigenvalue weighted by molar-refractivity contribution is 5.99. The van der Waals surface area contributed by atoms with E-state index in [4.69, 9.17) is 4.74 Å². The van der Waals surface area contributed by atoms with Gasteiger partial charge in [-0.2, -0.15) is 0 Å². The van der Waals surface area contributed by atoms with Crippen molar-refractivity contribution < 1.29 is 9.53 Å². The van der Waals surface area contributed by atoms with E-state index in [1.54, 1.807) is 19.5 Å². The number of hydrogen-bond donors (Lipinski definition) is 2. The summed E-state index contributed by atoms with van der Waals surface area (Å²) in [6.07, 6.45) is 3.47. The average molecular weight is 324 g/mol. The number of fused-ring (bicyclic) bond motifs is 1. The summed E-state index contributed by atoms with van der Waals surface area (Å²) in [6.45, 7) is 1.16. The monoisotopic (exact) mass is 324 g/mol. The molecule has 0 atom stereocenters. The average Bonchev–Trinajstić information content (AvgIpc) is 2.95. The zero-order valence-corrected chi connectivity index (χ0v) is 13.7. The third-order valence-electron chi connectivity index (χ3n) is 3.88. The fraction of sp³-hybridized carbons (Fsp3) is 0.222. The molecule has 1 amide bonds. The molecule has 24 heavy (non-hydrogen) atoms. The molecule has 0 unspecified atom stereocenters. The van der Waals surface area contributed by atoms with E-state index in [0.29, 0.717) is 18.8 Å². The molecule has 6 nitrogen and oxygen atoms in total. The first-order chi connectivity index (χ1) is 11.7.